The number of nitrogens with two attached hydrogens (primary N) is 1. The predicted octanol–water partition coefficient (Wildman–Crippen LogP) is 2.02. The fourth-order valence-corrected chi connectivity index (χ4v) is 3.37. The van der Waals surface area contributed by atoms with Gasteiger partial charge in [-0.1, -0.05) is 29.5 Å². The number of nitrogens with zero attached hydrogens (tertiary/aromatic N) is 5. The number of aromatic nitrogens is 6. The molecule has 134 valence electrons. The second kappa shape index (κ2) is 6.79. The van der Waals surface area contributed by atoms with E-state index in [1.54, 1.807) is 4.57 Å². The Labute approximate surface area is 153 Å². The van der Waals surface area contributed by atoms with Gasteiger partial charge in [0.15, 0.2) is 5.16 Å². The SMILES string of the molecule is Cc1ccc(Nc2nc(N)nc(CSc3n[nH]c(=O)n3C3CC3)n2)cc1. The Kier molecular flexibility index (Phi) is 4.33. The van der Waals surface area contributed by atoms with Crippen molar-refractivity contribution in [2.45, 2.75) is 36.7 Å². The van der Waals surface area contributed by atoms with Crippen LogP contribution in [-0.2, 0) is 5.75 Å². The van der Waals surface area contributed by atoms with Crippen molar-refractivity contribution in [3.05, 3.63) is 46.1 Å². The topological polar surface area (TPSA) is 127 Å². The molecule has 2 heterocycles. The molecule has 0 saturated heterocycles. The maximum Gasteiger partial charge on any atom is 0.344 e. The third kappa shape index (κ3) is 3.69. The van der Waals surface area contributed by atoms with E-state index in [1.165, 1.54) is 17.3 Å². The molecule has 0 spiro atoms. The van der Waals surface area contributed by atoms with Crippen molar-refractivity contribution in [3.8, 4) is 0 Å². The molecule has 9 nitrogen and oxygen atoms in total. The quantitative estimate of drug-likeness (QED) is 0.562. The number of hydrogen-bond acceptors (Lipinski definition) is 8. The zero-order chi connectivity index (χ0) is 18.1. The van der Waals surface area contributed by atoms with Gasteiger partial charge in [-0.2, -0.15) is 15.0 Å². The molecule has 0 unspecified atom stereocenters. The van der Waals surface area contributed by atoms with Gasteiger partial charge < -0.3 is 11.1 Å². The molecule has 1 aliphatic rings. The van der Waals surface area contributed by atoms with Crippen LogP contribution < -0.4 is 16.7 Å². The molecule has 0 radical (unpaired) electrons. The minimum Gasteiger partial charge on any atom is -0.368 e. The number of aromatic amines is 1. The van der Waals surface area contributed by atoms with E-state index in [9.17, 15) is 4.79 Å². The van der Waals surface area contributed by atoms with Gasteiger partial charge in [0.1, 0.15) is 5.82 Å². The van der Waals surface area contributed by atoms with E-state index in [-0.39, 0.29) is 17.7 Å². The summed E-state index contributed by atoms with van der Waals surface area (Å²) >= 11 is 1.40. The van der Waals surface area contributed by atoms with Crippen molar-refractivity contribution < 1.29 is 0 Å². The molecule has 4 N–H and O–H groups in total. The maximum atomic E-state index is 11.8. The van der Waals surface area contributed by atoms with Gasteiger partial charge in [-0.3, -0.25) is 4.57 Å². The molecule has 1 saturated carbocycles. The van der Waals surface area contributed by atoms with Crippen molar-refractivity contribution in [3.63, 3.8) is 0 Å². The Morgan fingerprint density at radius 3 is 2.77 bits per heavy atom. The third-order valence-electron chi connectivity index (χ3n) is 3.92. The smallest absolute Gasteiger partial charge is 0.344 e. The standard InChI is InChI=1S/C16H18N8OS/c1-9-2-4-10(5-3-9)18-14-20-12(19-13(17)21-14)8-26-16-23-22-15(25)24(16)11-6-7-11/h2-5,11H,6-8H2,1H3,(H,22,25)(H3,17,18,19,20,21). The van der Waals surface area contributed by atoms with Crippen molar-refractivity contribution in [1.82, 2.24) is 29.7 Å². The number of thioether (sulfide) groups is 1. The maximum absolute atomic E-state index is 11.8. The highest BCUT2D eigenvalue weighted by molar-refractivity contribution is 7.98. The van der Waals surface area contributed by atoms with E-state index in [4.69, 9.17) is 5.73 Å². The molecule has 1 fully saturated rings. The first-order valence-corrected chi connectivity index (χ1v) is 9.21. The lowest BCUT2D eigenvalue weighted by Crippen LogP contribution is -2.16. The summed E-state index contributed by atoms with van der Waals surface area (Å²) in [6.07, 6.45) is 2.02. The number of rotatable bonds is 6. The monoisotopic (exact) mass is 370 g/mol. The van der Waals surface area contributed by atoms with Gasteiger partial charge in [-0.05, 0) is 31.9 Å². The van der Waals surface area contributed by atoms with Crippen molar-refractivity contribution in [2.75, 3.05) is 11.1 Å². The summed E-state index contributed by atoms with van der Waals surface area (Å²) in [6.45, 7) is 2.02. The fourth-order valence-electron chi connectivity index (χ4n) is 2.50. The zero-order valence-electron chi connectivity index (χ0n) is 14.1. The first-order chi connectivity index (χ1) is 12.6. The lowest BCUT2D eigenvalue weighted by Gasteiger charge is -2.08. The molecule has 4 rings (SSSR count). The van der Waals surface area contributed by atoms with Gasteiger partial charge in [-0.25, -0.2) is 9.89 Å². The lowest BCUT2D eigenvalue weighted by atomic mass is 10.2. The van der Waals surface area contributed by atoms with Crippen molar-refractivity contribution in [2.24, 2.45) is 0 Å². The van der Waals surface area contributed by atoms with Crippen LogP contribution in [0.4, 0.5) is 17.6 Å². The van der Waals surface area contributed by atoms with Crippen LogP contribution in [0.3, 0.4) is 0 Å². The molecule has 10 heteroatoms. The highest BCUT2D eigenvalue weighted by Crippen LogP contribution is 2.36. The lowest BCUT2D eigenvalue weighted by molar-refractivity contribution is 0.642. The second-order valence-electron chi connectivity index (χ2n) is 6.13. The molecule has 1 aliphatic carbocycles. The van der Waals surface area contributed by atoms with Crippen molar-refractivity contribution >= 4 is 29.3 Å². The summed E-state index contributed by atoms with van der Waals surface area (Å²) in [5.74, 6) is 1.49. The second-order valence-corrected chi connectivity index (χ2v) is 7.07. The van der Waals surface area contributed by atoms with Gasteiger partial charge in [0.2, 0.25) is 11.9 Å². The molecule has 1 aromatic carbocycles. The third-order valence-corrected chi connectivity index (χ3v) is 4.87. The molecule has 2 aromatic heterocycles. The largest absolute Gasteiger partial charge is 0.368 e. The molecule has 0 aliphatic heterocycles. The number of anilines is 3. The summed E-state index contributed by atoms with van der Waals surface area (Å²) in [6, 6.07) is 8.14. The summed E-state index contributed by atoms with van der Waals surface area (Å²) in [4.78, 5) is 24.5. The number of aryl methyl sites for hydroxylation is 1. The van der Waals surface area contributed by atoms with Gasteiger partial charge in [-0.15, -0.1) is 5.10 Å². The van der Waals surface area contributed by atoms with Gasteiger partial charge >= 0.3 is 5.69 Å². The van der Waals surface area contributed by atoms with Crippen LogP contribution in [0.15, 0.2) is 34.2 Å². The van der Waals surface area contributed by atoms with E-state index in [1.807, 2.05) is 31.2 Å². The molecule has 0 amide bonds. The first-order valence-electron chi connectivity index (χ1n) is 8.22. The number of nitrogens with one attached hydrogen (secondary N) is 2. The summed E-state index contributed by atoms with van der Waals surface area (Å²) in [5, 5.41) is 10.4. The predicted molar refractivity (Wildman–Crippen MR) is 99.4 cm³/mol. The average Bonchev–Trinajstić information content (AvgIpc) is 3.37. The fraction of sp³-hybridized carbons (Fsp3) is 0.312. The highest BCUT2D eigenvalue weighted by atomic mass is 32.2. The van der Waals surface area contributed by atoms with Gasteiger partial charge in [0.05, 0.1) is 5.75 Å². The van der Waals surface area contributed by atoms with Crippen LogP contribution in [0.2, 0.25) is 0 Å². The molecule has 3 aromatic rings. The number of H-pyrrole nitrogens is 1. The first kappa shape index (κ1) is 16.6. The highest BCUT2D eigenvalue weighted by Gasteiger charge is 2.28. The molecular weight excluding hydrogens is 352 g/mol. The van der Waals surface area contributed by atoms with Crippen LogP contribution in [-0.4, -0.2) is 29.7 Å². The Bertz CT molecular complexity index is 977. The molecule has 0 atom stereocenters. The van der Waals surface area contributed by atoms with E-state index in [0.717, 1.165) is 18.5 Å². The zero-order valence-corrected chi connectivity index (χ0v) is 15.0. The van der Waals surface area contributed by atoms with Gasteiger partial charge in [0, 0.05) is 11.7 Å². The Morgan fingerprint density at radius 1 is 1.27 bits per heavy atom. The normalized spacial score (nSPS) is 13.7. The van der Waals surface area contributed by atoms with Crippen LogP contribution in [0.1, 0.15) is 30.3 Å². The Morgan fingerprint density at radius 2 is 2.04 bits per heavy atom. The van der Waals surface area contributed by atoms with Crippen LogP contribution in [0, 0.1) is 6.92 Å². The van der Waals surface area contributed by atoms with Crippen molar-refractivity contribution in [1.29, 1.82) is 0 Å². The Balaban J connectivity index is 1.49. The van der Waals surface area contributed by atoms with Crippen LogP contribution in [0.25, 0.3) is 0 Å². The van der Waals surface area contributed by atoms with E-state index >= 15 is 0 Å². The Hall–Kier alpha value is -2.88. The summed E-state index contributed by atoms with van der Waals surface area (Å²) < 4.78 is 1.70. The van der Waals surface area contributed by atoms with Crippen LogP contribution >= 0.6 is 11.8 Å². The van der Waals surface area contributed by atoms with Crippen LogP contribution in [0.5, 0.6) is 0 Å². The minimum atomic E-state index is -0.174. The van der Waals surface area contributed by atoms with E-state index in [0.29, 0.717) is 22.7 Å². The molecule has 0 bridgehead atoms. The molecule has 26 heavy (non-hydrogen) atoms. The number of hydrogen-bond donors (Lipinski definition) is 3. The van der Waals surface area contributed by atoms with Gasteiger partial charge in [0.25, 0.3) is 0 Å². The average molecular weight is 370 g/mol. The number of benzene rings is 1. The molecular formula is C16H18N8OS. The van der Waals surface area contributed by atoms with E-state index in [2.05, 4.69) is 30.5 Å². The minimum absolute atomic E-state index is 0.145. The number of nitrogen functional groups attached to an aromatic ring is 1. The van der Waals surface area contributed by atoms with E-state index < -0.39 is 0 Å². The summed E-state index contributed by atoms with van der Waals surface area (Å²) in [5.41, 5.74) is 7.68. The summed E-state index contributed by atoms with van der Waals surface area (Å²) in [7, 11) is 0.